The SMILES string of the molecule is Cc1ccc(C(=O)O)c(NCc2c(C)cccc2C)n1. The number of benzene rings is 1. The molecule has 2 rings (SSSR count). The van der Waals surface area contributed by atoms with Crippen LogP contribution in [0.5, 0.6) is 0 Å². The van der Waals surface area contributed by atoms with Gasteiger partial charge in [0.2, 0.25) is 0 Å². The summed E-state index contributed by atoms with van der Waals surface area (Å²) in [6, 6.07) is 9.39. The van der Waals surface area contributed by atoms with Gasteiger partial charge in [0.25, 0.3) is 0 Å². The summed E-state index contributed by atoms with van der Waals surface area (Å²) in [6.07, 6.45) is 0. The number of pyridine rings is 1. The van der Waals surface area contributed by atoms with Crippen molar-refractivity contribution in [1.82, 2.24) is 4.98 Å². The van der Waals surface area contributed by atoms with Crippen LogP contribution in [0.15, 0.2) is 30.3 Å². The molecule has 0 saturated carbocycles. The van der Waals surface area contributed by atoms with Gasteiger partial charge in [-0.3, -0.25) is 0 Å². The summed E-state index contributed by atoms with van der Waals surface area (Å²) in [5.41, 5.74) is 4.53. The minimum Gasteiger partial charge on any atom is -0.478 e. The fraction of sp³-hybridized carbons (Fsp3) is 0.250. The fourth-order valence-electron chi connectivity index (χ4n) is 2.16. The first-order chi connectivity index (χ1) is 9.49. The Morgan fingerprint density at radius 2 is 1.80 bits per heavy atom. The monoisotopic (exact) mass is 270 g/mol. The number of nitrogens with zero attached hydrogens (tertiary/aromatic N) is 1. The van der Waals surface area contributed by atoms with Crippen LogP contribution in [0.1, 0.15) is 32.7 Å². The lowest BCUT2D eigenvalue weighted by molar-refractivity contribution is 0.0697. The van der Waals surface area contributed by atoms with E-state index in [1.165, 1.54) is 16.7 Å². The molecule has 104 valence electrons. The van der Waals surface area contributed by atoms with Crippen molar-refractivity contribution in [3.63, 3.8) is 0 Å². The molecule has 0 atom stereocenters. The zero-order chi connectivity index (χ0) is 14.7. The molecule has 0 aliphatic heterocycles. The van der Waals surface area contributed by atoms with E-state index in [1.807, 2.05) is 39.0 Å². The van der Waals surface area contributed by atoms with Gasteiger partial charge in [-0.1, -0.05) is 18.2 Å². The van der Waals surface area contributed by atoms with Crippen molar-refractivity contribution in [1.29, 1.82) is 0 Å². The summed E-state index contributed by atoms with van der Waals surface area (Å²) in [7, 11) is 0. The first kappa shape index (κ1) is 14.1. The zero-order valence-corrected chi connectivity index (χ0v) is 11.9. The van der Waals surface area contributed by atoms with Crippen LogP contribution in [-0.2, 0) is 6.54 Å². The number of carboxylic acids is 1. The van der Waals surface area contributed by atoms with Gasteiger partial charge in [-0.2, -0.15) is 0 Å². The first-order valence-corrected chi connectivity index (χ1v) is 6.49. The van der Waals surface area contributed by atoms with Crippen LogP contribution >= 0.6 is 0 Å². The fourth-order valence-corrected chi connectivity index (χ4v) is 2.16. The van der Waals surface area contributed by atoms with Gasteiger partial charge in [-0.05, 0) is 49.6 Å². The van der Waals surface area contributed by atoms with Gasteiger partial charge in [-0.25, -0.2) is 9.78 Å². The Bertz CT molecular complexity index is 631. The van der Waals surface area contributed by atoms with E-state index in [0.717, 1.165) is 5.69 Å². The molecule has 4 heteroatoms. The van der Waals surface area contributed by atoms with Gasteiger partial charge in [0.1, 0.15) is 11.4 Å². The molecule has 0 aliphatic rings. The number of hydrogen-bond acceptors (Lipinski definition) is 3. The van der Waals surface area contributed by atoms with Gasteiger partial charge in [0, 0.05) is 12.2 Å². The van der Waals surface area contributed by atoms with Gasteiger partial charge in [0.05, 0.1) is 0 Å². The molecule has 2 N–H and O–H groups in total. The highest BCUT2D eigenvalue weighted by Gasteiger charge is 2.12. The van der Waals surface area contributed by atoms with E-state index in [-0.39, 0.29) is 5.56 Å². The standard InChI is InChI=1S/C16H18N2O2/c1-10-5-4-6-11(2)14(10)9-17-15-13(16(19)20)8-7-12(3)18-15/h4-8H,9H2,1-3H3,(H,17,18)(H,19,20). The maximum atomic E-state index is 11.2. The van der Waals surface area contributed by atoms with Crippen molar-refractivity contribution in [2.24, 2.45) is 0 Å². The number of aromatic nitrogens is 1. The Morgan fingerprint density at radius 1 is 1.15 bits per heavy atom. The van der Waals surface area contributed by atoms with Crippen molar-refractivity contribution in [2.75, 3.05) is 5.32 Å². The van der Waals surface area contributed by atoms with E-state index in [2.05, 4.69) is 10.3 Å². The number of nitrogens with one attached hydrogen (secondary N) is 1. The van der Waals surface area contributed by atoms with Crippen molar-refractivity contribution >= 4 is 11.8 Å². The maximum Gasteiger partial charge on any atom is 0.339 e. The number of rotatable bonds is 4. The second kappa shape index (κ2) is 5.74. The van der Waals surface area contributed by atoms with Gasteiger partial charge in [0.15, 0.2) is 0 Å². The number of aromatic carboxylic acids is 1. The molecule has 0 radical (unpaired) electrons. The van der Waals surface area contributed by atoms with Crippen molar-refractivity contribution < 1.29 is 9.90 Å². The average molecular weight is 270 g/mol. The highest BCUT2D eigenvalue weighted by atomic mass is 16.4. The molecule has 0 spiro atoms. The van der Waals surface area contributed by atoms with E-state index in [0.29, 0.717) is 12.4 Å². The molecule has 0 aliphatic carbocycles. The lowest BCUT2D eigenvalue weighted by Gasteiger charge is -2.13. The molecule has 2 aromatic rings. The van der Waals surface area contributed by atoms with Crippen molar-refractivity contribution in [3.8, 4) is 0 Å². The smallest absolute Gasteiger partial charge is 0.339 e. The third-order valence-electron chi connectivity index (χ3n) is 3.34. The van der Waals surface area contributed by atoms with Gasteiger partial charge >= 0.3 is 5.97 Å². The summed E-state index contributed by atoms with van der Waals surface area (Å²) in [4.78, 5) is 15.5. The van der Waals surface area contributed by atoms with Crippen LogP contribution in [0.25, 0.3) is 0 Å². The topological polar surface area (TPSA) is 62.2 Å². The molecule has 1 aromatic carbocycles. The summed E-state index contributed by atoms with van der Waals surface area (Å²) in [5.74, 6) is -0.554. The van der Waals surface area contributed by atoms with E-state index in [9.17, 15) is 9.90 Å². The van der Waals surface area contributed by atoms with Crippen molar-refractivity contribution in [2.45, 2.75) is 27.3 Å². The molecule has 0 saturated heterocycles. The summed E-state index contributed by atoms with van der Waals surface area (Å²) in [6.45, 7) is 6.50. The lowest BCUT2D eigenvalue weighted by atomic mass is 10.0. The minimum atomic E-state index is -0.971. The van der Waals surface area contributed by atoms with E-state index in [1.54, 1.807) is 12.1 Å². The first-order valence-electron chi connectivity index (χ1n) is 6.49. The molecule has 0 amide bonds. The Balaban J connectivity index is 2.27. The molecule has 1 heterocycles. The summed E-state index contributed by atoms with van der Waals surface area (Å²) in [5, 5.41) is 12.3. The van der Waals surface area contributed by atoms with Crippen LogP contribution in [-0.4, -0.2) is 16.1 Å². The van der Waals surface area contributed by atoms with Crippen LogP contribution < -0.4 is 5.32 Å². The largest absolute Gasteiger partial charge is 0.478 e. The maximum absolute atomic E-state index is 11.2. The van der Waals surface area contributed by atoms with E-state index >= 15 is 0 Å². The number of carbonyl (C=O) groups is 1. The number of hydrogen-bond donors (Lipinski definition) is 2. The normalized spacial score (nSPS) is 10.3. The molecule has 0 bridgehead atoms. The average Bonchev–Trinajstić information content (AvgIpc) is 2.37. The quantitative estimate of drug-likeness (QED) is 0.894. The van der Waals surface area contributed by atoms with Crippen LogP contribution in [0.2, 0.25) is 0 Å². The molecular weight excluding hydrogens is 252 g/mol. The van der Waals surface area contributed by atoms with Crippen LogP contribution in [0.4, 0.5) is 5.82 Å². The van der Waals surface area contributed by atoms with Gasteiger partial charge < -0.3 is 10.4 Å². The third kappa shape index (κ3) is 2.96. The predicted molar refractivity (Wildman–Crippen MR) is 79.2 cm³/mol. The highest BCUT2D eigenvalue weighted by molar-refractivity contribution is 5.93. The van der Waals surface area contributed by atoms with E-state index < -0.39 is 5.97 Å². The highest BCUT2D eigenvalue weighted by Crippen LogP contribution is 2.18. The third-order valence-corrected chi connectivity index (χ3v) is 3.34. The molecule has 1 aromatic heterocycles. The second-order valence-electron chi connectivity index (χ2n) is 4.88. The van der Waals surface area contributed by atoms with E-state index in [4.69, 9.17) is 0 Å². The number of anilines is 1. The molecule has 4 nitrogen and oxygen atoms in total. The van der Waals surface area contributed by atoms with Gasteiger partial charge in [-0.15, -0.1) is 0 Å². The summed E-state index contributed by atoms with van der Waals surface area (Å²) >= 11 is 0. The van der Waals surface area contributed by atoms with Crippen LogP contribution in [0.3, 0.4) is 0 Å². The number of carboxylic acid groups (broad SMARTS) is 1. The Hall–Kier alpha value is -2.36. The molecule has 0 unspecified atom stereocenters. The summed E-state index contributed by atoms with van der Waals surface area (Å²) < 4.78 is 0. The zero-order valence-electron chi connectivity index (χ0n) is 11.9. The minimum absolute atomic E-state index is 0.196. The number of aryl methyl sites for hydroxylation is 3. The lowest BCUT2D eigenvalue weighted by Crippen LogP contribution is -2.10. The van der Waals surface area contributed by atoms with Crippen molar-refractivity contribution in [3.05, 3.63) is 58.3 Å². The van der Waals surface area contributed by atoms with Crippen LogP contribution in [0, 0.1) is 20.8 Å². The molecule has 0 fully saturated rings. The Kier molecular flexibility index (Phi) is 4.03. The molecular formula is C16H18N2O2. The Labute approximate surface area is 118 Å². The second-order valence-corrected chi connectivity index (χ2v) is 4.88. The molecule has 20 heavy (non-hydrogen) atoms. The Morgan fingerprint density at radius 3 is 2.40 bits per heavy atom. The predicted octanol–water partition coefficient (Wildman–Crippen LogP) is 3.32.